The fourth-order valence-electron chi connectivity index (χ4n) is 6.84. The van der Waals surface area contributed by atoms with Crippen LogP contribution < -0.4 is 5.32 Å². The zero-order valence-electron chi connectivity index (χ0n) is 33.1. The third-order valence-electron chi connectivity index (χ3n) is 10.2. The first-order valence-corrected chi connectivity index (χ1v) is 21.8. The van der Waals surface area contributed by atoms with Crippen LogP contribution in [-0.4, -0.2) is 46.9 Å². The van der Waals surface area contributed by atoms with Gasteiger partial charge in [-0.25, -0.2) is 0 Å². The summed E-state index contributed by atoms with van der Waals surface area (Å²) in [5.74, 6) is -0.465. The fraction of sp³-hybridized carbons (Fsp3) is 0.953. The quantitative estimate of drug-likeness (QED) is 0.0439. The molecule has 0 spiro atoms. The first-order chi connectivity index (χ1) is 24.0. The van der Waals surface area contributed by atoms with Crippen LogP contribution in [0.25, 0.3) is 0 Å². The maximum atomic E-state index is 13.0. The zero-order chi connectivity index (χ0) is 36.0. The third kappa shape index (κ3) is 33.7. The van der Waals surface area contributed by atoms with Crippen molar-refractivity contribution in [2.45, 2.75) is 257 Å². The summed E-state index contributed by atoms with van der Waals surface area (Å²) in [5.41, 5.74) is 0. The molecule has 0 aliphatic carbocycles. The molecule has 0 aromatic rings. The number of aliphatic hydroxyl groups is 2. The van der Waals surface area contributed by atoms with E-state index in [1.54, 1.807) is 0 Å². The van der Waals surface area contributed by atoms with Crippen molar-refractivity contribution in [3.05, 3.63) is 0 Å². The standard InChI is InChI=1S/C43H85NO5/c1-4-7-10-13-16-19-21-23-26-29-32-35-41(46)40(38-45)44-42(47)37-39(34-31-28-25-18-15-12-9-6-3)49-43(48)36-33-30-27-24-22-20-17-14-11-8-5-2/h39-41,45-46H,4-38H2,1-3H3,(H,44,47). The van der Waals surface area contributed by atoms with Crippen LogP contribution in [-0.2, 0) is 14.3 Å². The normalized spacial score (nSPS) is 13.3. The molecule has 0 aromatic carbocycles. The van der Waals surface area contributed by atoms with Crippen LogP contribution in [0.3, 0.4) is 0 Å². The van der Waals surface area contributed by atoms with Crippen molar-refractivity contribution in [3.63, 3.8) is 0 Å². The lowest BCUT2D eigenvalue weighted by molar-refractivity contribution is -0.151. The first-order valence-electron chi connectivity index (χ1n) is 21.8. The lowest BCUT2D eigenvalue weighted by Crippen LogP contribution is -2.46. The highest BCUT2D eigenvalue weighted by atomic mass is 16.5. The molecule has 0 aromatic heterocycles. The van der Waals surface area contributed by atoms with Crippen molar-refractivity contribution in [1.29, 1.82) is 0 Å². The largest absolute Gasteiger partial charge is 0.462 e. The Hall–Kier alpha value is -1.14. The molecule has 3 N–H and O–H groups in total. The average molecular weight is 696 g/mol. The van der Waals surface area contributed by atoms with E-state index >= 15 is 0 Å². The van der Waals surface area contributed by atoms with E-state index in [4.69, 9.17) is 4.74 Å². The number of ether oxygens (including phenoxy) is 1. The van der Waals surface area contributed by atoms with Crippen LogP contribution >= 0.6 is 0 Å². The van der Waals surface area contributed by atoms with Gasteiger partial charge in [-0.2, -0.15) is 0 Å². The van der Waals surface area contributed by atoms with Crippen LogP contribution in [0.4, 0.5) is 0 Å². The second-order valence-corrected chi connectivity index (χ2v) is 15.1. The Labute approximate surface area is 305 Å². The van der Waals surface area contributed by atoms with E-state index in [1.807, 2.05) is 0 Å². The second kappa shape index (κ2) is 38.1. The summed E-state index contributed by atoms with van der Waals surface area (Å²) in [5, 5.41) is 23.5. The summed E-state index contributed by atoms with van der Waals surface area (Å²) in [6.07, 6.45) is 37.3. The smallest absolute Gasteiger partial charge is 0.306 e. The Balaban J connectivity index is 4.49. The molecule has 1 amide bonds. The molecular weight excluding hydrogens is 610 g/mol. The van der Waals surface area contributed by atoms with Gasteiger partial charge in [-0.15, -0.1) is 0 Å². The molecular formula is C43H85NO5. The van der Waals surface area contributed by atoms with Crippen molar-refractivity contribution in [2.75, 3.05) is 6.61 Å². The Morgan fingerprint density at radius 3 is 1.24 bits per heavy atom. The maximum Gasteiger partial charge on any atom is 0.306 e. The molecule has 0 saturated heterocycles. The van der Waals surface area contributed by atoms with Crippen LogP contribution in [0, 0.1) is 0 Å². The van der Waals surface area contributed by atoms with Crippen LogP contribution in [0.15, 0.2) is 0 Å². The number of amides is 1. The molecule has 0 aliphatic heterocycles. The van der Waals surface area contributed by atoms with E-state index in [-0.39, 0.29) is 24.9 Å². The molecule has 0 rings (SSSR count). The summed E-state index contributed by atoms with van der Waals surface area (Å²) in [6, 6.07) is -0.688. The highest BCUT2D eigenvalue weighted by Gasteiger charge is 2.24. The molecule has 0 aliphatic rings. The van der Waals surface area contributed by atoms with Gasteiger partial charge in [0, 0.05) is 6.42 Å². The average Bonchev–Trinajstić information content (AvgIpc) is 3.09. The van der Waals surface area contributed by atoms with Crippen molar-refractivity contribution >= 4 is 11.9 Å². The molecule has 0 saturated carbocycles. The number of hydrogen-bond acceptors (Lipinski definition) is 5. The van der Waals surface area contributed by atoms with Gasteiger partial charge in [-0.05, 0) is 25.7 Å². The maximum absolute atomic E-state index is 13.0. The predicted molar refractivity (Wildman–Crippen MR) is 209 cm³/mol. The summed E-state index contributed by atoms with van der Waals surface area (Å²) in [7, 11) is 0. The van der Waals surface area contributed by atoms with Crippen LogP contribution in [0.5, 0.6) is 0 Å². The van der Waals surface area contributed by atoms with E-state index in [1.165, 1.54) is 148 Å². The Morgan fingerprint density at radius 2 is 0.857 bits per heavy atom. The molecule has 0 fully saturated rings. The van der Waals surface area contributed by atoms with Crippen LogP contribution in [0.1, 0.15) is 239 Å². The van der Waals surface area contributed by atoms with Crippen molar-refractivity contribution in [1.82, 2.24) is 5.32 Å². The van der Waals surface area contributed by atoms with E-state index in [2.05, 4.69) is 26.1 Å². The molecule has 49 heavy (non-hydrogen) atoms. The minimum atomic E-state index is -0.776. The highest BCUT2D eigenvalue weighted by Crippen LogP contribution is 2.18. The Kier molecular flexibility index (Phi) is 37.2. The van der Waals surface area contributed by atoms with E-state index in [9.17, 15) is 19.8 Å². The number of carbonyl (C=O) groups is 2. The summed E-state index contributed by atoms with van der Waals surface area (Å²) >= 11 is 0. The molecule has 292 valence electrons. The molecule has 0 radical (unpaired) electrons. The fourth-order valence-corrected chi connectivity index (χ4v) is 6.84. The monoisotopic (exact) mass is 696 g/mol. The Bertz CT molecular complexity index is 702. The summed E-state index contributed by atoms with van der Waals surface area (Å²) in [6.45, 7) is 6.44. The molecule has 6 heteroatoms. The van der Waals surface area contributed by atoms with Crippen LogP contribution in [0.2, 0.25) is 0 Å². The molecule has 3 atom stereocenters. The first kappa shape index (κ1) is 47.9. The number of rotatable bonds is 39. The minimum absolute atomic E-state index is 0.0855. The van der Waals surface area contributed by atoms with E-state index in [0.717, 1.165) is 44.9 Å². The molecule has 0 bridgehead atoms. The topological polar surface area (TPSA) is 95.9 Å². The highest BCUT2D eigenvalue weighted by molar-refractivity contribution is 5.77. The Morgan fingerprint density at radius 1 is 0.510 bits per heavy atom. The molecule has 3 unspecified atom stereocenters. The van der Waals surface area contributed by atoms with Gasteiger partial charge in [0.2, 0.25) is 5.91 Å². The number of nitrogens with one attached hydrogen (secondary N) is 1. The predicted octanol–water partition coefficient (Wildman–Crippen LogP) is 12.1. The number of hydrogen-bond donors (Lipinski definition) is 3. The van der Waals surface area contributed by atoms with Gasteiger partial charge in [0.05, 0.1) is 25.2 Å². The van der Waals surface area contributed by atoms with Gasteiger partial charge in [0.15, 0.2) is 0 Å². The van der Waals surface area contributed by atoms with Crippen molar-refractivity contribution in [2.24, 2.45) is 0 Å². The number of unbranched alkanes of at least 4 members (excludes halogenated alkanes) is 27. The van der Waals surface area contributed by atoms with Gasteiger partial charge >= 0.3 is 5.97 Å². The lowest BCUT2D eigenvalue weighted by atomic mass is 10.0. The third-order valence-corrected chi connectivity index (χ3v) is 10.2. The van der Waals surface area contributed by atoms with Gasteiger partial charge in [-0.1, -0.05) is 201 Å². The van der Waals surface area contributed by atoms with E-state index in [0.29, 0.717) is 19.3 Å². The SMILES string of the molecule is CCCCCCCCCCCCCC(=O)OC(CCCCCCCCCC)CC(=O)NC(CO)C(O)CCCCCCCCCCCCC. The van der Waals surface area contributed by atoms with Crippen molar-refractivity contribution in [3.8, 4) is 0 Å². The van der Waals surface area contributed by atoms with Gasteiger partial charge in [0.1, 0.15) is 6.10 Å². The van der Waals surface area contributed by atoms with E-state index < -0.39 is 18.2 Å². The summed E-state index contributed by atoms with van der Waals surface area (Å²) in [4.78, 5) is 25.8. The van der Waals surface area contributed by atoms with Gasteiger partial charge < -0.3 is 20.3 Å². The second-order valence-electron chi connectivity index (χ2n) is 15.1. The number of carbonyl (C=O) groups excluding carboxylic acids is 2. The lowest BCUT2D eigenvalue weighted by Gasteiger charge is -2.24. The number of esters is 1. The molecule has 6 nitrogen and oxygen atoms in total. The number of aliphatic hydroxyl groups excluding tert-OH is 2. The summed E-state index contributed by atoms with van der Waals surface area (Å²) < 4.78 is 5.87. The zero-order valence-corrected chi connectivity index (χ0v) is 33.1. The van der Waals surface area contributed by atoms with Crippen molar-refractivity contribution < 1.29 is 24.5 Å². The van der Waals surface area contributed by atoms with Gasteiger partial charge in [0.25, 0.3) is 0 Å². The minimum Gasteiger partial charge on any atom is -0.462 e. The molecule has 0 heterocycles. The van der Waals surface area contributed by atoms with Gasteiger partial charge in [-0.3, -0.25) is 9.59 Å².